The van der Waals surface area contributed by atoms with Crippen LogP contribution < -0.4 is 14.8 Å². The maximum atomic E-state index is 5.69. The van der Waals surface area contributed by atoms with E-state index >= 15 is 0 Å². The highest BCUT2D eigenvalue weighted by molar-refractivity contribution is 5.47. The normalized spacial score (nSPS) is 19.6. The molecule has 1 aliphatic rings. The van der Waals surface area contributed by atoms with Gasteiger partial charge in [0, 0.05) is 18.0 Å². The minimum Gasteiger partial charge on any atom is -0.496 e. The van der Waals surface area contributed by atoms with Crippen LogP contribution >= 0.6 is 0 Å². The minimum absolute atomic E-state index is 0.536. The third kappa shape index (κ3) is 2.78. The minimum atomic E-state index is 0.536. The molecule has 18 heavy (non-hydrogen) atoms. The van der Waals surface area contributed by atoms with Crippen LogP contribution in [0.5, 0.6) is 11.5 Å². The lowest BCUT2D eigenvalue weighted by atomic mass is 9.90. The van der Waals surface area contributed by atoms with Crippen LogP contribution in [0.4, 0.5) is 0 Å². The van der Waals surface area contributed by atoms with E-state index in [0.29, 0.717) is 12.5 Å². The van der Waals surface area contributed by atoms with E-state index in [1.165, 1.54) is 18.4 Å². The van der Waals surface area contributed by atoms with Crippen molar-refractivity contribution in [1.82, 2.24) is 5.32 Å². The van der Waals surface area contributed by atoms with Crippen LogP contribution in [0.3, 0.4) is 0 Å². The molecule has 1 N–H and O–H groups in total. The Bertz CT molecular complexity index is 398. The summed E-state index contributed by atoms with van der Waals surface area (Å²) in [6.45, 7) is 6.95. The number of benzene rings is 1. The number of ether oxygens (including phenoxy) is 2. The molecule has 2 rings (SSSR count). The number of nitrogens with one attached hydrogen (secondary N) is 1. The molecule has 1 fully saturated rings. The monoisotopic (exact) mass is 249 g/mol. The summed E-state index contributed by atoms with van der Waals surface area (Å²) in [6, 6.07) is 4.25. The van der Waals surface area contributed by atoms with Crippen molar-refractivity contribution in [3.8, 4) is 11.5 Å². The summed E-state index contributed by atoms with van der Waals surface area (Å²) in [4.78, 5) is 0. The molecule has 3 heteroatoms. The number of hydrogen-bond acceptors (Lipinski definition) is 3. The first-order valence-corrected chi connectivity index (χ1v) is 6.78. The van der Waals surface area contributed by atoms with Gasteiger partial charge in [0.1, 0.15) is 11.5 Å². The molecule has 1 aromatic carbocycles. The van der Waals surface area contributed by atoms with Crippen LogP contribution in [-0.4, -0.2) is 26.8 Å². The van der Waals surface area contributed by atoms with Gasteiger partial charge in [-0.1, -0.05) is 0 Å². The second-order valence-electron chi connectivity index (χ2n) is 4.84. The Kier molecular flexibility index (Phi) is 4.48. The molecule has 100 valence electrons. The van der Waals surface area contributed by atoms with Gasteiger partial charge in [0.05, 0.1) is 13.7 Å². The molecule has 1 atom stereocenters. The molecule has 0 aliphatic carbocycles. The first-order chi connectivity index (χ1) is 8.76. The van der Waals surface area contributed by atoms with E-state index in [2.05, 4.69) is 24.4 Å². The Morgan fingerprint density at radius 1 is 1.33 bits per heavy atom. The highest BCUT2D eigenvalue weighted by Crippen LogP contribution is 2.36. The second-order valence-corrected chi connectivity index (χ2v) is 4.84. The molecule has 1 aromatic rings. The zero-order valence-electron chi connectivity index (χ0n) is 11.6. The molecular weight excluding hydrogens is 226 g/mol. The van der Waals surface area contributed by atoms with Crippen LogP contribution in [0.1, 0.15) is 36.8 Å². The predicted octanol–water partition coefficient (Wildman–Crippen LogP) is 2.87. The van der Waals surface area contributed by atoms with Gasteiger partial charge in [-0.3, -0.25) is 0 Å². The fourth-order valence-electron chi connectivity index (χ4n) is 2.60. The first-order valence-electron chi connectivity index (χ1n) is 6.78. The number of methoxy groups -OCH3 is 1. The van der Waals surface area contributed by atoms with Crippen molar-refractivity contribution in [2.45, 2.75) is 32.6 Å². The molecule has 0 saturated carbocycles. The average molecular weight is 249 g/mol. The lowest BCUT2D eigenvalue weighted by molar-refractivity contribution is 0.334. The van der Waals surface area contributed by atoms with Crippen LogP contribution in [-0.2, 0) is 0 Å². The smallest absolute Gasteiger partial charge is 0.122 e. The standard InChI is InChI=1S/C15H23NO2/c1-4-18-14-9-13(12-6-5-7-16-10-12)15(17-3)8-11(14)2/h8-9,12,16H,4-7,10H2,1-3H3/t12-/m1/s1. The molecule has 0 bridgehead atoms. The molecule has 0 spiro atoms. The Morgan fingerprint density at radius 3 is 2.78 bits per heavy atom. The Labute approximate surface area is 109 Å². The van der Waals surface area contributed by atoms with Crippen LogP contribution in [0.15, 0.2) is 12.1 Å². The summed E-state index contributed by atoms with van der Waals surface area (Å²) in [7, 11) is 1.74. The predicted molar refractivity (Wildman–Crippen MR) is 73.7 cm³/mol. The summed E-state index contributed by atoms with van der Waals surface area (Å²) < 4.78 is 11.2. The average Bonchev–Trinajstić information content (AvgIpc) is 2.42. The fraction of sp³-hybridized carbons (Fsp3) is 0.600. The van der Waals surface area contributed by atoms with E-state index in [9.17, 15) is 0 Å². The van der Waals surface area contributed by atoms with Gasteiger partial charge in [0.25, 0.3) is 0 Å². The van der Waals surface area contributed by atoms with Crippen molar-refractivity contribution < 1.29 is 9.47 Å². The van der Waals surface area contributed by atoms with E-state index in [0.717, 1.165) is 30.2 Å². The summed E-state index contributed by atoms with van der Waals surface area (Å²) in [6.07, 6.45) is 2.45. The number of rotatable bonds is 4. The topological polar surface area (TPSA) is 30.5 Å². The van der Waals surface area contributed by atoms with Gasteiger partial charge in [-0.15, -0.1) is 0 Å². The summed E-state index contributed by atoms with van der Waals surface area (Å²) in [5.41, 5.74) is 2.42. The van der Waals surface area contributed by atoms with E-state index in [4.69, 9.17) is 9.47 Å². The van der Waals surface area contributed by atoms with Crippen molar-refractivity contribution in [2.24, 2.45) is 0 Å². The Balaban J connectivity index is 2.33. The number of hydrogen-bond donors (Lipinski definition) is 1. The number of aryl methyl sites for hydroxylation is 1. The molecular formula is C15H23NO2. The van der Waals surface area contributed by atoms with Gasteiger partial charge < -0.3 is 14.8 Å². The third-order valence-corrected chi connectivity index (χ3v) is 3.56. The van der Waals surface area contributed by atoms with E-state index in [-0.39, 0.29) is 0 Å². The molecule has 0 unspecified atom stereocenters. The summed E-state index contributed by atoms with van der Waals surface area (Å²) in [5.74, 6) is 2.51. The molecule has 0 aromatic heterocycles. The first kappa shape index (κ1) is 13.2. The van der Waals surface area contributed by atoms with Gasteiger partial charge in [0.15, 0.2) is 0 Å². The maximum absolute atomic E-state index is 5.69. The van der Waals surface area contributed by atoms with Crippen LogP contribution in [0, 0.1) is 6.92 Å². The van der Waals surface area contributed by atoms with Crippen molar-refractivity contribution in [3.05, 3.63) is 23.3 Å². The lowest BCUT2D eigenvalue weighted by Crippen LogP contribution is -2.28. The van der Waals surface area contributed by atoms with Crippen molar-refractivity contribution in [2.75, 3.05) is 26.8 Å². The molecule has 1 heterocycles. The Hall–Kier alpha value is -1.22. The summed E-state index contributed by atoms with van der Waals surface area (Å²) >= 11 is 0. The molecule has 0 amide bonds. The van der Waals surface area contributed by atoms with Crippen molar-refractivity contribution in [3.63, 3.8) is 0 Å². The zero-order valence-corrected chi connectivity index (χ0v) is 11.6. The highest BCUT2D eigenvalue weighted by Gasteiger charge is 2.20. The largest absolute Gasteiger partial charge is 0.496 e. The van der Waals surface area contributed by atoms with Gasteiger partial charge in [-0.05, 0) is 50.9 Å². The van der Waals surface area contributed by atoms with Gasteiger partial charge in [-0.2, -0.15) is 0 Å². The van der Waals surface area contributed by atoms with Crippen molar-refractivity contribution >= 4 is 0 Å². The molecule has 1 aliphatic heterocycles. The second kappa shape index (κ2) is 6.10. The third-order valence-electron chi connectivity index (χ3n) is 3.56. The molecule has 0 radical (unpaired) electrons. The molecule has 3 nitrogen and oxygen atoms in total. The van der Waals surface area contributed by atoms with Crippen LogP contribution in [0.2, 0.25) is 0 Å². The SMILES string of the molecule is CCOc1cc([C@@H]2CCCNC2)c(OC)cc1C. The van der Waals surface area contributed by atoms with E-state index < -0.39 is 0 Å². The van der Waals surface area contributed by atoms with Gasteiger partial charge in [0.2, 0.25) is 0 Å². The maximum Gasteiger partial charge on any atom is 0.122 e. The van der Waals surface area contributed by atoms with Crippen molar-refractivity contribution in [1.29, 1.82) is 0 Å². The van der Waals surface area contributed by atoms with Gasteiger partial charge >= 0.3 is 0 Å². The van der Waals surface area contributed by atoms with Gasteiger partial charge in [-0.25, -0.2) is 0 Å². The molecule has 1 saturated heterocycles. The van der Waals surface area contributed by atoms with E-state index in [1.807, 2.05) is 6.92 Å². The fourth-order valence-corrected chi connectivity index (χ4v) is 2.60. The van der Waals surface area contributed by atoms with Crippen LogP contribution in [0.25, 0.3) is 0 Å². The Morgan fingerprint density at radius 2 is 2.17 bits per heavy atom. The quantitative estimate of drug-likeness (QED) is 0.890. The summed E-state index contributed by atoms with van der Waals surface area (Å²) in [5, 5.41) is 3.45. The lowest BCUT2D eigenvalue weighted by Gasteiger charge is -2.25. The number of piperidine rings is 1. The highest BCUT2D eigenvalue weighted by atomic mass is 16.5. The zero-order chi connectivity index (χ0) is 13.0. The van der Waals surface area contributed by atoms with E-state index in [1.54, 1.807) is 7.11 Å².